The standard InChI is InChI=1S/C17H29N3O2S/c1-12(15-18-10-11-23-15)19-13-8-6-5-7-9-14(13)20-16(21)22-17(2,3)4/h10-14,19H,5-9H2,1-4H3,(H,20,21). The lowest BCUT2D eigenvalue weighted by atomic mass is 10.0. The fourth-order valence-electron chi connectivity index (χ4n) is 2.98. The van der Waals surface area contributed by atoms with Gasteiger partial charge in [-0.1, -0.05) is 19.3 Å². The van der Waals surface area contributed by atoms with Crippen molar-refractivity contribution in [3.05, 3.63) is 16.6 Å². The Balaban J connectivity index is 1.97. The van der Waals surface area contributed by atoms with E-state index in [1.54, 1.807) is 11.3 Å². The van der Waals surface area contributed by atoms with Crippen LogP contribution in [0.3, 0.4) is 0 Å². The Morgan fingerprint density at radius 1 is 1.30 bits per heavy atom. The molecule has 2 rings (SSSR count). The average molecular weight is 340 g/mol. The molecule has 1 aromatic heterocycles. The quantitative estimate of drug-likeness (QED) is 0.813. The molecule has 0 bridgehead atoms. The van der Waals surface area contributed by atoms with E-state index in [1.807, 2.05) is 32.3 Å². The average Bonchev–Trinajstić information content (AvgIpc) is 2.89. The zero-order valence-corrected chi connectivity index (χ0v) is 15.4. The van der Waals surface area contributed by atoms with Crippen molar-refractivity contribution in [3.8, 4) is 0 Å². The number of aromatic nitrogens is 1. The van der Waals surface area contributed by atoms with Gasteiger partial charge in [0, 0.05) is 23.7 Å². The van der Waals surface area contributed by atoms with E-state index in [9.17, 15) is 4.79 Å². The van der Waals surface area contributed by atoms with Crippen molar-refractivity contribution in [2.45, 2.75) is 83.5 Å². The number of carbonyl (C=O) groups is 1. The molecule has 1 heterocycles. The van der Waals surface area contributed by atoms with Crippen LogP contribution < -0.4 is 10.6 Å². The molecule has 130 valence electrons. The highest BCUT2D eigenvalue weighted by atomic mass is 32.1. The first-order valence-corrected chi connectivity index (χ1v) is 9.38. The summed E-state index contributed by atoms with van der Waals surface area (Å²) in [4.78, 5) is 16.5. The van der Waals surface area contributed by atoms with Gasteiger partial charge >= 0.3 is 6.09 Å². The van der Waals surface area contributed by atoms with Gasteiger partial charge in [0.1, 0.15) is 10.6 Å². The second kappa shape index (κ2) is 8.11. The molecule has 1 aliphatic carbocycles. The Bertz CT molecular complexity index is 485. The molecule has 0 aliphatic heterocycles. The van der Waals surface area contributed by atoms with Crippen LogP contribution in [0.1, 0.15) is 70.8 Å². The van der Waals surface area contributed by atoms with Crippen molar-refractivity contribution >= 4 is 17.4 Å². The van der Waals surface area contributed by atoms with Gasteiger partial charge in [0.25, 0.3) is 0 Å². The van der Waals surface area contributed by atoms with Crippen LogP contribution >= 0.6 is 11.3 Å². The number of rotatable bonds is 4. The van der Waals surface area contributed by atoms with E-state index in [0.717, 1.165) is 24.3 Å². The van der Waals surface area contributed by atoms with Gasteiger partial charge in [-0.05, 0) is 40.5 Å². The fourth-order valence-corrected chi connectivity index (χ4v) is 3.63. The Labute approximate surface area is 143 Å². The monoisotopic (exact) mass is 339 g/mol. The number of ether oxygens (including phenoxy) is 1. The maximum atomic E-state index is 12.1. The number of hydrogen-bond acceptors (Lipinski definition) is 5. The normalized spacial score (nSPS) is 23.8. The zero-order valence-electron chi connectivity index (χ0n) is 14.6. The number of carbonyl (C=O) groups excluding carboxylic acids is 1. The largest absolute Gasteiger partial charge is 0.444 e. The molecule has 0 spiro atoms. The fraction of sp³-hybridized carbons (Fsp3) is 0.765. The SMILES string of the molecule is CC(NC1CCCCCC1NC(=O)OC(C)(C)C)c1nccs1. The Kier molecular flexibility index (Phi) is 6.41. The first-order chi connectivity index (χ1) is 10.8. The third-order valence-corrected chi connectivity index (χ3v) is 4.96. The van der Waals surface area contributed by atoms with Gasteiger partial charge in [-0.25, -0.2) is 9.78 Å². The predicted octanol–water partition coefficient (Wildman–Crippen LogP) is 4.02. The minimum absolute atomic E-state index is 0.106. The first-order valence-electron chi connectivity index (χ1n) is 8.50. The van der Waals surface area contributed by atoms with E-state index in [1.165, 1.54) is 12.8 Å². The highest BCUT2D eigenvalue weighted by Gasteiger charge is 2.28. The van der Waals surface area contributed by atoms with Crippen LogP contribution in [-0.2, 0) is 4.74 Å². The second-order valence-corrected chi connectivity index (χ2v) is 8.18. The summed E-state index contributed by atoms with van der Waals surface area (Å²) in [5, 5.41) is 9.82. The Morgan fingerprint density at radius 2 is 2.00 bits per heavy atom. The minimum Gasteiger partial charge on any atom is -0.444 e. The number of amides is 1. The van der Waals surface area contributed by atoms with Crippen LogP contribution in [0.5, 0.6) is 0 Å². The van der Waals surface area contributed by atoms with E-state index in [2.05, 4.69) is 22.5 Å². The lowest BCUT2D eigenvalue weighted by Crippen LogP contribution is -2.51. The molecule has 23 heavy (non-hydrogen) atoms. The van der Waals surface area contributed by atoms with Crippen molar-refractivity contribution in [3.63, 3.8) is 0 Å². The number of alkyl carbamates (subject to hydrolysis) is 1. The lowest BCUT2D eigenvalue weighted by Gasteiger charge is -2.30. The number of hydrogen-bond donors (Lipinski definition) is 2. The number of nitrogens with zero attached hydrogens (tertiary/aromatic N) is 1. The highest BCUT2D eigenvalue weighted by Crippen LogP contribution is 2.23. The molecule has 2 N–H and O–H groups in total. The summed E-state index contributed by atoms with van der Waals surface area (Å²) in [5.74, 6) is 0. The number of thiazole rings is 1. The van der Waals surface area contributed by atoms with Crippen LogP contribution in [-0.4, -0.2) is 28.8 Å². The van der Waals surface area contributed by atoms with E-state index in [4.69, 9.17) is 4.74 Å². The van der Waals surface area contributed by atoms with Gasteiger partial charge in [0.15, 0.2) is 0 Å². The highest BCUT2D eigenvalue weighted by molar-refractivity contribution is 7.09. The van der Waals surface area contributed by atoms with Gasteiger partial charge in [-0.15, -0.1) is 11.3 Å². The molecule has 1 aliphatic rings. The molecule has 1 amide bonds. The Morgan fingerprint density at radius 3 is 2.61 bits per heavy atom. The maximum Gasteiger partial charge on any atom is 0.407 e. The van der Waals surface area contributed by atoms with Gasteiger partial charge in [-0.3, -0.25) is 0 Å². The molecule has 1 saturated carbocycles. The Hall–Kier alpha value is -1.14. The topological polar surface area (TPSA) is 63.2 Å². The van der Waals surface area contributed by atoms with E-state index in [0.29, 0.717) is 0 Å². The van der Waals surface area contributed by atoms with Crippen LogP contribution in [0.15, 0.2) is 11.6 Å². The van der Waals surface area contributed by atoms with Gasteiger partial charge in [-0.2, -0.15) is 0 Å². The third-order valence-electron chi connectivity index (χ3n) is 4.00. The summed E-state index contributed by atoms with van der Waals surface area (Å²) in [6.45, 7) is 7.80. The van der Waals surface area contributed by atoms with Crippen molar-refractivity contribution in [1.82, 2.24) is 15.6 Å². The van der Waals surface area contributed by atoms with Crippen molar-refractivity contribution in [2.24, 2.45) is 0 Å². The van der Waals surface area contributed by atoms with E-state index in [-0.39, 0.29) is 24.2 Å². The molecule has 5 nitrogen and oxygen atoms in total. The minimum atomic E-state index is -0.466. The lowest BCUT2D eigenvalue weighted by molar-refractivity contribution is 0.0488. The summed E-state index contributed by atoms with van der Waals surface area (Å²) in [5.41, 5.74) is -0.466. The molecule has 6 heteroatoms. The molecule has 3 unspecified atom stereocenters. The molecule has 0 saturated heterocycles. The summed E-state index contributed by atoms with van der Waals surface area (Å²) < 4.78 is 5.42. The zero-order chi connectivity index (χ0) is 16.9. The van der Waals surface area contributed by atoms with Crippen molar-refractivity contribution in [1.29, 1.82) is 0 Å². The van der Waals surface area contributed by atoms with Crippen molar-refractivity contribution in [2.75, 3.05) is 0 Å². The molecular weight excluding hydrogens is 310 g/mol. The molecule has 1 fully saturated rings. The first kappa shape index (κ1) is 18.2. The molecule has 0 radical (unpaired) electrons. The second-order valence-electron chi connectivity index (χ2n) is 7.26. The van der Waals surface area contributed by atoms with Crippen LogP contribution in [0.25, 0.3) is 0 Å². The third kappa shape index (κ3) is 6.11. The predicted molar refractivity (Wildman–Crippen MR) is 93.7 cm³/mol. The van der Waals surface area contributed by atoms with Crippen molar-refractivity contribution < 1.29 is 9.53 Å². The summed E-state index contributed by atoms with van der Waals surface area (Å²) in [6, 6.07) is 0.555. The molecule has 3 atom stereocenters. The molecule has 1 aromatic rings. The van der Waals surface area contributed by atoms with Gasteiger partial charge in [0.05, 0.1) is 6.04 Å². The van der Waals surface area contributed by atoms with Crippen LogP contribution in [0, 0.1) is 0 Å². The van der Waals surface area contributed by atoms with E-state index >= 15 is 0 Å². The smallest absolute Gasteiger partial charge is 0.407 e. The number of nitrogens with one attached hydrogen (secondary N) is 2. The van der Waals surface area contributed by atoms with E-state index < -0.39 is 5.60 Å². The molecule has 0 aromatic carbocycles. The van der Waals surface area contributed by atoms with Gasteiger partial charge in [0.2, 0.25) is 0 Å². The van der Waals surface area contributed by atoms with Crippen LogP contribution in [0.4, 0.5) is 4.79 Å². The summed E-state index contributed by atoms with van der Waals surface area (Å²) >= 11 is 1.66. The molecular formula is C17H29N3O2S. The van der Waals surface area contributed by atoms with Gasteiger partial charge < -0.3 is 15.4 Å². The maximum absolute atomic E-state index is 12.1. The summed E-state index contributed by atoms with van der Waals surface area (Å²) in [6.07, 6.45) is 7.12. The summed E-state index contributed by atoms with van der Waals surface area (Å²) in [7, 11) is 0. The van der Waals surface area contributed by atoms with Crippen LogP contribution in [0.2, 0.25) is 0 Å².